The largest absolute Gasteiger partial charge is 0.294 e. The van der Waals surface area contributed by atoms with Crippen molar-refractivity contribution in [3.8, 4) is 0 Å². The zero-order valence-electron chi connectivity index (χ0n) is 11.5. The van der Waals surface area contributed by atoms with E-state index >= 15 is 0 Å². The van der Waals surface area contributed by atoms with Crippen LogP contribution in [-0.2, 0) is 0 Å². The molecule has 0 fully saturated rings. The quantitative estimate of drug-likeness (QED) is 0.697. The lowest BCUT2D eigenvalue weighted by atomic mass is 9.78. The Morgan fingerprint density at radius 3 is 2.61 bits per heavy atom. The van der Waals surface area contributed by atoms with Gasteiger partial charge in [0, 0.05) is 27.5 Å². The molecule has 0 N–H and O–H groups in total. The van der Waals surface area contributed by atoms with Gasteiger partial charge in [0.25, 0.3) is 0 Å². The van der Waals surface area contributed by atoms with E-state index in [9.17, 15) is 4.79 Å². The molecule has 0 aliphatic carbocycles. The molecule has 0 spiro atoms. The lowest BCUT2D eigenvalue weighted by molar-refractivity contribution is 0.0929. The van der Waals surface area contributed by atoms with Gasteiger partial charge < -0.3 is 0 Å². The molecule has 0 amide bonds. The van der Waals surface area contributed by atoms with Crippen LogP contribution in [0.3, 0.4) is 0 Å². The normalized spacial score (nSPS) is 13.8. The molecule has 1 unspecified atom stereocenters. The molecule has 1 nitrogen and oxygen atoms in total. The average Bonchev–Trinajstić information content (AvgIpc) is 2.71. The van der Waals surface area contributed by atoms with E-state index < -0.39 is 0 Å². The number of carbonyl (C=O) groups is 1. The second kappa shape index (κ2) is 4.85. The number of ketones is 1. The van der Waals surface area contributed by atoms with E-state index in [-0.39, 0.29) is 11.2 Å². The molecule has 1 heterocycles. The summed E-state index contributed by atoms with van der Waals surface area (Å²) < 4.78 is 1.20. The van der Waals surface area contributed by atoms with Gasteiger partial charge in [-0.05, 0) is 17.4 Å². The van der Waals surface area contributed by atoms with Crippen LogP contribution in [-0.4, -0.2) is 5.78 Å². The van der Waals surface area contributed by atoms with E-state index in [1.165, 1.54) is 4.70 Å². The Morgan fingerprint density at radius 1 is 1.28 bits per heavy atom. The van der Waals surface area contributed by atoms with Crippen molar-refractivity contribution in [2.24, 2.45) is 11.3 Å². The maximum absolute atomic E-state index is 12.4. The first-order valence-corrected chi connectivity index (χ1v) is 7.27. The molecule has 0 radical (unpaired) electrons. The highest BCUT2D eigenvalue weighted by Crippen LogP contribution is 2.32. The summed E-state index contributed by atoms with van der Waals surface area (Å²) in [5, 5.41) is 3.11. The second-order valence-corrected chi connectivity index (χ2v) is 6.95. The number of fused-ring (bicyclic) bond motifs is 1. The predicted molar refractivity (Wildman–Crippen MR) is 79.4 cm³/mol. The SMILES string of the molecule is CC(CC(=O)c1csc2ccccc12)C(C)(C)C. The fraction of sp³-hybridized carbons (Fsp3) is 0.438. The summed E-state index contributed by atoms with van der Waals surface area (Å²) in [6.07, 6.45) is 0.629. The Bertz CT molecular complexity index is 560. The van der Waals surface area contributed by atoms with Crippen LogP contribution in [0.5, 0.6) is 0 Å². The second-order valence-electron chi connectivity index (χ2n) is 6.04. The topological polar surface area (TPSA) is 17.1 Å². The Balaban J connectivity index is 2.24. The molecule has 2 rings (SSSR count). The van der Waals surface area contributed by atoms with Gasteiger partial charge in [-0.3, -0.25) is 4.79 Å². The molecule has 1 aromatic heterocycles. The van der Waals surface area contributed by atoms with Crippen molar-refractivity contribution in [1.82, 2.24) is 0 Å². The summed E-state index contributed by atoms with van der Waals surface area (Å²) in [6.45, 7) is 8.73. The predicted octanol–water partition coefficient (Wildman–Crippen LogP) is 5.16. The first kappa shape index (κ1) is 13.3. The maximum Gasteiger partial charge on any atom is 0.164 e. The van der Waals surface area contributed by atoms with Crippen molar-refractivity contribution in [3.05, 3.63) is 35.2 Å². The van der Waals surface area contributed by atoms with Gasteiger partial charge in [0.15, 0.2) is 5.78 Å². The van der Waals surface area contributed by atoms with Crippen LogP contribution in [0.2, 0.25) is 0 Å². The van der Waals surface area contributed by atoms with E-state index in [0.717, 1.165) is 10.9 Å². The lowest BCUT2D eigenvalue weighted by Gasteiger charge is -2.26. The standard InChI is InChI=1S/C16H20OS/c1-11(16(2,3)4)9-14(17)13-10-18-15-8-6-5-7-12(13)15/h5-8,10-11H,9H2,1-4H3. The fourth-order valence-electron chi connectivity index (χ4n) is 1.89. The smallest absolute Gasteiger partial charge is 0.164 e. The van der Waals surface area contributed by atoms with Crippen LogP contribution in [0.4, 0.5) is 0 Å². The lowest BCUT2D eigenvalue weighted by Crippen LogP contribution is -2.20. The molecule has 0 aliphatic heterocycles. The molecular weight excluding hydrogens is 240 g/mol. The molecule has 18 heavy (non-hydrogen) atoms. The third-order valence-electron chi connectivity index (χ3n) is 3.75. The van der Waals surface area contributed by atoms with Crippen LogP contribution in [0.15, 0.2) is 29.6 Å². The Kier molecular flexibility index (Phi) is 3.58. The van der Waals surface area contributed by atoms with Gasteiger partial charge in [-0.15, -0.1) is 11.3 Å². The minimum atomic E-state index is 0.182. The van der Waals surface area contributed by atoms with Crippen LogP contribution in [0.1, 0.15) is 44.5 Å². The highest BCUT2D eigenvalue weighted by Gasteiger charge is 2.24. The zero-order valence-corrected chi connectivity index (χ0v) is 12.3. The van der Waals surface area contributed by atoms with Crippen molar-refractivity contribution in [1.29, 1.82) is 0 Å². The molecule has 1 atom stereocenters. The Hall–Kier alpha value is -1.15. The molecule has 96 valence electrons. The average molecular weight is 260 g/mol. The Labute approximate surface area is 113 Å². The number of benzene rings is 1. The number of Topliss-reactive ketones (excluding diaryl/α,β-unsaturated/α-hetero) is 1. The van der Waals surface area contributed by atoms with Crippen LogP contribution in [0.25, 0.3) is 10.1 Å². The molecule has 0 bridgehead atoms. The monoisotopic (exact) mass is 260 g/mol. The third-order valence-corrected chi connectivity index (χ3v) is 4.71. The van der Waals surface area contributed by atoms with Gasteiger partial charge in [-0.25, -0.2) is 0 Å². The number of thiophene rings is 1. The summed E-state index contributed by atoms with van der Waals surface area (Å²) >= 11 is 1.66. The number of rotatable bonds is 3. The molecule has 0 saturated heterocycles. The van der Waals surface area contributed by atoms with E-state index in [4.69, 9.17) is 0 Å². The van der Waals surface area contributed by atoms with Crippen molar-refractivity contribution in [2.45, 2.75) is 34.1 Å². The minimum absolute atomic E-state index is 0.182. The van der Waals surface area contributed by atoms with Gasteiger partial charge in [-0.2, -0.15) is 0 Å². The van der Waals surface area contributed by atoms with Crippen molar-refractivity contribution in [2.75, 3.05) is 0 Å². The van der Waals surface area contributed by atoms with Crippen LogP contribution < -0.4 is 0 Å². The summed E-state index contributed by atoms with van der Waals surface area (Å²) in [4.78, 5) is 12.4. The van der Waals surface area contributed by atoms with Crippen LogP contribution in [0, 0.1) is 11.3 Å². The first-order chi connectivity index (χ1) is 8.39. The summed E-state index contributed by atoms with van der Waals surface area (Å²) in [5.74, 6) is 0.665. The van der Waals surface area contributed by atoms with Gasteiger partial charge in [0.2, 0.25) is 0 Å². The van der Waals surface area contributed by atoms with E-state index in [1.54, 1.807) is 11.3 Å². The molecular formula is C16H20OS. The third kappa shape index (κ3) is 2.64. The first-order valence-electron chi connectivity index (χ1n) is 6.39. The van der Waals surface area contributed by atoms with E-state index in [1.807, 2.05) is 23.6 Å². The van der Waals surface area contributed by atoms with Crippen molar-refractivity contribution >= 4 is 27.2 Å². The number of carbonyl (C=O) groups excluding carboxylic acids is 1. The van der Waals surface area contributed by atoms with E-state index in [0.29, 0.717) is 12.3 Å². The van der Waals surface area contributed by atoms with Gasteiger partial charge in [0.1, 0.15) is 0 Å². The molecule has 2 aromatic rings. The number of hydrogen-bond acceptors (Lipinski definition) is 2. The Morgan fingerprint density at radius 2 is 1.94 bits per heavy atom. The van der Waals surface area contributed by atoms with Crippen LogP contribution >= 0.6 is 11.3 Å². The zero-order chi connectivity index (χ0) is 13.3. The minimum Gasteiger partial charge on any atom is -0.294 e. The van der Waals surface area contributed by atoms with Gasteiger partial charge in [0.05, 0.1) is 0 Å². The van der Waals surface area contributed by atoms with E-state index in [2.05, 4.69) is 33.8 Å². The molecule has 0 saturated carbocycles. The highest BCUT2D eigenvalue weighted by atomic mass is 32.1. The van der Waals surface area contributed by atoms with Crippen molar-refractivity contribution in [3.63, 3.8) is 0 Å². The number of hydrogen-bond donors (Lipinski definition) is 0. The maximum atomic E-state index is 12.4. The fourth-order valence-corrected chi connectivity index (χ4v) is 2.85. The van der Waals surface area contributed by atoms with Gasteiger partial charge in [-0.1, -0.05) is 45.9 Å². The molecule has 2 heteroatoms. The molecule has 1 aromatic carbocycles. The van der Waals surface area contributed by atoms with Gasteiger partial charge >= 0.3 is 0 Å². The molecule has 0 aliphatic rings. The summed E-state index contributed by atoms with van der Waals surface area (Å²) in [5.41, 5.74) is 1.08. The van der Waals surface area contributed by atoms with Crippen molar-refractivity contribution < 1.29 is 4.79 Å². The summed E-state index contributed by atoms with van der Waals surface area (Å²) in [6, 6.07) is 8.13. The highest BCUT2D eigenvalue weighted by molar-refractivity contribution is 7.17. The summed E-state index contributed by atoms with van der Waals surface area (Å²) in [7, 11) is 0.